The third-order valence-electron chi connectivity index (χ3n) is 2.10. The van der Waals surface area contributed by atoms with Crippen molar-refractivity contribution < 1.29 is 9.15 Å². The van der Waals surface area contributed by atoms with E-state index in [9.17, 15) is 0 Å². The zero-order valence-corrected chi connectivity index (χ0v) is 10.1. The van der Waals surface area contributed by atoms with Crippen molar-refractivity contribution in [3.05, 3.63) is 17.8 Å². The Balaban J connectivity index is 2.53. The second kappa shape index (κ2) is 4.77. The van der Waals surface area contributed by atoms with Crippen LogP contribution in [-0.4, -0.2) is 17.6 Å². The lowest BCUT2D eigenvalue weighted by molar-refractivity contribution is 0.0979. The third-order valence-corrected chi connectivity index (χ3v) is 2.10. The van der Waals surface area contributed by atoms with Crippen LogP contribution in [-0.2, 0) is 11.3 Å². The van der Waals surface area contributed by atoms with Gasteiger partial charge in [0.05, 0.1) is 12.7 Å². The van der Waals surface area contributed by atoms with E-state index in [4.69, 9.17) is 9.15 Å². The molecule has 1 heterocycles. The van der Waals surface area contributed by atoms with Crippen LogP contribution >= 0.6 is 0 Å². The second-order valence-electron chi connectivity index (χ2n) is 4.64. The van der Waals surface area contributed by atoms with Gasteiger partial charge in [-0.15, -0.1) is 0 Å². The summed E-state index contributed by atoms with van der Waals surface area (Å²) in [6, 6.07) is 0. The van der Waals surface area contributed by atoms with Gasteiger partial charge in [-0.3, -0.25) is 0 Å². The monoisotopic (exact) mass is 212 g/mol. The van der Waals surface area contributed by atoms with Gasteiger partial charge in [-0.05, 0) is 27.7 Å². The molecule has 1 aromatic heterocycles. The van der Waals surface area contributed by atoms with Crippen molar-refractivity contribution in [1.29, 1.82) is 0 Å². The van der Waals surface area contributed by atoms with Crippen LogP contribution in [0.2, 0.25) is 0 Å². The first kappa shape index (κ1) is 12.2. The first-order valence-electron chi connectivity index (χ1n) is 5.15. The minimum atomic E-state index is -0.0408. The van der Waals surface area contributed by atoms with Crippen molar-refractivity contribution in [3.63, 3.8) is 0 Å². The average molecular weight is 212 g/mol. The summed E-state index contributed by atoms with van der Waals surface area (Å²) < 4.78 is 10.7. The van der Waals surface area contributed by atoms with Gasteiger partial charge in [0.15, 0.2) is 5.76 Å². The van der Waals surface area contributed by atoms with Crippen LogP contribution in [0.1, 0.15) is 45.4 Å². The number of ether oxygens (including phenoxy) is 1. The van der Waals surface area contributed by atoms with Gasteiger partial charge >= 0.3 is 0 Å². The van der Waals surface area contributed by atoms with E-state index in [1.165, 1.54) is 0 Å². The average Bonchev–Trinajstić information content (AvgIpc) is 2.61. The summed E-state index contributed by atoms with van der Waals surface area (Å²) in [6.45, 7) is 8.89. The Morgan fingerprint density at radius 2 is 2.20 bits per heavy atom. The molecule has 0 fully saturated rings. The SMILES string of the molecule is COC(C)c1cnc(CNC(C)(C)C)o1. The van der Waals surface area contributed by atoms with Gasteiger partial charge in [-0.2, -0.15) is 0 Å². The van der Waals surface area contributed by atoms with E-state index < -0.39 is 0 Å². The van der Waals surface area contributed by atoms with Crippen LogP contribution in [0.25, 0.3) is 0 Å². The molecule has 4 heteroatoms. The molecule has 0 aliphatic heterocycles. The molecule has 0 aliphatic rings. The van der Waals surface area contributed by atoms with Gasteiger partial charge < -0.3 is 14.5 Å². The number of hydrogen-bond acceptors (Lipinski definition) is 4. The van der Waals surface area contributed by atoms with E-state index in [0.717, 1.165) is 5.76 Å². The molecule has 1 atom stereocenters. The lowest BCUT2D eigenvalue weighted by atomic mass is 10.1. The Morgan fingerprint density at radius 3 is 2.73 bits per heavy atom. The molecule has 0 spiro atoms. The maximum atomic E-state index is 5.53. The summed E-state index contributed by atoms with van der Waals surface area (Å²) in [5, 5.41) is 3.31. The molecule has 86 valence electrons. The standard InChI is InChI=1S/C11H20N2O2/c1-8(14-5)9-6-12-10(15-9)7-13-11(2,3)4/h6,8,13H,7H2,1-5H3. The molecule has 1 aromatic rings. The Bertz CT molecular complexity index is 302. The second-order valence-corrected chi connectivity index (χ2v) is 4.64. The molecule has 1 rings (SSSR count). The number of methoxy groups -OCH3 is 1. The van der Waals surface area contributed by atoms with E-state index >= 15 is 0 Å². The molecule has 0 saturated carbocycles. The quantitative estimate of drug-likeness (QED) is 0.831. The summed E-state index contributed by atoms with van der Waals surface area (Å²) >= 11 is 0. The Morgan fingerprint density at radius 1 is 1.53 bits per heavy atom. The number of rotatable bonds is 4. The lowest BCUT2D eigenvalue weighted by Crippen LogP contribution is -2.35. The fraction of sp³-hybridized carbons (Fsp3) is 0.727. The van der Waals surface area contributed by atoms with Crippen molar-refractivity contribution in [2.75, 3.05) is 7.11 Å². The number of nitrogens with one attached hydrogen (secondary N) is 1. The highest BCUT2D eigenvalue weighted by Crippen LogP contribution is 2.16. The van der Waals surface area contributed by atoms with E-state index in [-0.39, 0.29) is 11.6 Å². The van der Waals surface area contributed by atoms with Crippen molar-refractivity contribution in [2.24, 2.45) is 0 Å². The van der Waals surface area contributed by atoms with Crippen molar-refractivity contribution >= 4 is 0 Å². The highest BCUT2D eigenvalue weighted by molar-refractivity contribution is 4.97. The van der Waals surface area contributed by atoms with Crippen LogP contribution in [0.15, 0.2) is 10.6 Å². The zero-order valence-electron chi connectivity index (χ0n) is 10.1. The maximum absolute atomic E-state index is 5.53. The summed E-state index contributed by atoms with van der Waals surface area (Å²) in [4.78, 5) is 4.18. The molecular formula is C11H20N2O2. The van der Waals surface area contributed by atoms with Gasteiger partial charge in [0.25, 0.3) is 0 Å². The van der Waals surface area contributed by atoms with Crippen LogP contribution in [0.4, 0.5) is 0 Å². The smallest absolute Gasteiger partial charge is 0.208 e. The normalized spacial score (nSPS) is 14.2. The van der Waals surface area contributed by atoms with Crippen LogP contribution in [0.3, 0.4) is 0 Å². The van der Waals surface area contributed by atoms with E-state index in [1.807, 2.05) is 6.92 Å². The van der Waals surface area contributed by atoms with Crippen molar-refractivity contribution in [1.82, 2.24) is 10.3 Å². The molecule has 1 unspecified atom stereocenters. The summed E-state index contributed by atoms with van der Waals surface area (Å²) in [6.07, 6.45) is 1.68. The first-order valence-corrected chi connectivity index (χ1v) is 5.15. The molecule has 0 bridgehead atoms. The number of aromatic nitrogens is 1. The van der Waals surface area contributed by atoms with Gasteiger partial charge in [0.1, 0.15) is 6.10 Å². The topological polar surface area (TPSA) is 47.3 Å². The molecule has 0 aromatic carbocycles. The van der Waals surface area contributed by atoms with E-state index in [2.05, 4.69) is 31.1 Å². The highest BCUT2D eigenvalue weighted by atomic mass is 16.5. The van der Waals surface area contributed by atoms with Gasteiger partial charge in [0.2, 0.25) is 5.89 Å². The summed E-state index contributed by atoms with van der Waals surface area (Å²) in [7, 11) is 1.65. The zero-order chi connectivity index (χ0) is 11.5. The largest absolute Gasteiger partial charge is 0.442 e. The fourth-order valence-electron chi connectivity index (χ4n) is 1.05. The summed E-state index contributed by atoms with van der Waals surface area (Å²) in [5.74, 6) is 1.46. The molecule has 15 heavy (non-hydrogen) atoms. The molecule has 1 N–H and O–H groups in total. The Kier molecular flexibility index (Phi) is 3.88. The molecular weight excluding hydrogens is 192 g/mol. The number of nitrogens with zero attached hydrogens (tertiary/aromatic N) is 1. The van der Waals surface area contributed by atoms with Gasteiger partial charge in [-0.25, -0.2) is 4.98 Å². The maximum Gasteiger partial charge on any atom is 0.208 e. The minimum absolute atomic E-state index is 0.0408. The third kappa shape index (κ3) is 4.01. The Hall–Kier alpha value is -0.870. The van der Waals surface area contributed by atoms with E-state index in [1.54, 1.807) is 13.3 Å². The van der Waals surface area contributed by atoms with Crippen molar-refractivity contribution in [3.8, 4) is 0 Å². The van der Waals surface area contributed by atoms with Crippen LogP contribution in [0.5, 0.6) is 0 Å². The van der Waals surface area contributed by atoms with Gasteiger partial charge in [-0.1, -0.05) is 0 Å². The van der Waals surface area contributed by atoms with Gasteiger partial charge in [0, 0.05) is 12.6 Å². The van der Waals surface area contributed by atoms with E-state index in [0.29, 0.717) is 12.4 Å². The molecule has 4 nitrogen and oxygen atoms in total. The lowest BCUT2D eigenvalue weighted by Gasteiger charge is -2.18. The first-order chi connectivity index (χ1) is 6.92. The predicted octanol–water partition coefficient (Wildman–Crippen LogP) is 2.27. The predicted molar refractivity (Wildman–Crippen MR) is 58.5 cm³/mol. The Labute approximate surface area is 91.0 Å². The highest BCUT2D eigenvalue weighted by Gasteiger charge is 2.13. The summed E-state index contributed by atoms with van der Waals surface area (Å²) in [5.41, 5.74) is 0.0709. The molecule has 0 amide bonds. The molecule has 0 aliphatic carbocycles. The number of hydrogen-bond donors (Lipinski definition) is 1. The molecule has 0 saturated heterocycles. The number of oxazole rings is 1. The van der Waals surface area contributed by atoms with Crippen molar-refractivity contribution in [2.45, 2.75) is 45.9 Å². The molecule has 0 radical (unpaired) electrons. The fourth-order valence-corrected chi connectivity index (χ4v) is 1.05. The minimum Gasteiger partial charge on any atom is -0.442 e. The van der Waals surface area contributed by atoms with Crippen LogP contribution in [0, 0.1) is 0 Å². The van der Waals surface area contributed by atoms with Crippen LogP contribution < -0.4 is 5.32 Å².